The number of aliphatic hydroxyl groups is 1. The smallest absolute Gasteiger partial charge is 0.222 e. The molecular weight excluding hydrogens is 310 g/mol. The molecule has 0 aromatic carbocycles. The van der Waals surface area contributed by atoms with E-state index in [1.54, 1.807) is 11.3 Å². The van der Waals surface area contributed by atoms with E-state index in [0.29, 0.717) is 18.4 Å². The van der Waals surface area contributed by atoms with E-state index in [2.05, 4.69) is 14.8 Å². The average molecular weight is 335 g/mol. The zero-order valence-corrected chi connectivity index (χ0v) is 14.7. The van der Waals surface area contributed by atoms with Gasteiger partial charge in [0.1, 0.15) is 0 Å². The highest BCUT2D eigenvalue weighted by Crippen LogP contribution is 2.27. The molecule has 1 N–H and O–H groups in total. The molecule has 3 rings (SSSR count). The summed E-state index contributed by atoms with van der Waals surface area (Å²) < 4.78 is 2.10. The van der Waals surface area contributed by atoms with Crippen LogP contribution in [0.4, 0.5) is 0 Å². The minimum Gasteiger partial charge on any atom is -0.396 e. The third-order valence-electron chi connectivity index (χ3n) is 5.01. The van der Waals surface area contributed by atoms with Crippen LogP contribution >= 0.6 is 11.3 Å². The second-order valence-electron chi connectivity index (χ2n) is 6.62. The Kier molecular flexibility index (Phi) is 5.02. The Morgan fingerprint density at radius 1 is 1.43 bits per heavy atom. The van der Waals surface area contributed by atoms with Crippen LogP contribution in [0.3, 0.4) is 0 Å². The highest BCUT2D eigenvalue weighted by Gasteiger charge is 2.26. The number of carbonyl (C=O) groups is 1. The Bertz CT molecular complexity index is 670. The number of thiazole rings is 1. The van der Waals surface area contributed by atoms with E-state index in [0.717, 1.165) is 48.5 Å². The Balaban J connectivity index is 1.54. The van der Waals surface area contributed by atoms with Crippen molar-refractivity contribution in [3.8, 4) is 0 Å². The molecule has 0 bridgehead atoms. The Morgan fingerprint density at radius 2 is 2.17 bits per heavy atom. The van der Waals surface area contributed by atoms with Gasteiger partial charge in [0.25, 0.3) is 0 Å². The van der Waals surface area contributed by atoms with Crippen LogP contribution in [0.15, 0.2) is 11.6 Å². The van der Waals surface area contributed by atoms with Gasteiger partial charge in [-0.2, -0.15) is 0 Å². The number of aliphatic hydroxyl groups excluding tert-OH is 1. The first kappa shape index (κ1) is 16.5. The summed E-state index contributed by atoms with van der Waals surface area (Å²) >= 11 is 1.63. The molecule has 1 amide bonds. The predicted molar refractivity (Wildman–Crippen MR) is 91.7 cm³/mol. The summed E-state index contributed by atoms with van der Waals surface area (Å²) in [5, 5.41) is 11.3. The SMILES string of the molecule is Cc1cn2c(CCC(=O)N(C)C3CCC(CO)CC3)csc2n1. The molecule has 1 aliphatic carbocycles. The maximum atomic E-state index is 12.5. The van der Waals surface area contributed by atoms with Gasteiger partial charge in [0.05, 0.1) is 5.69 Å². The molecule has 0 aliphatic heterocycles. The third-order valence-corrected chi connectivity index (χ3v) is 5.90. The lowest BCUT2D eigenvalue weighted by atomic mass is 9.86. The molecule has 1 fully saturated rings. The minimum atomic E-state index is 0.216. The fourth-order valence-corrected chi connectivity index (χ4v) is 4.40. The van der Waals surface area contributed by atoms with Crippen molar-refractivity contribution in [2.24, 2.45) is 5.92 Å². The fraction of sp³-hybridized carbons (Fsp3) is 0.647. The maximum Gasteiger partial charge on any atom is 0.222 e. The number of rotatable bonds is 5. The lowest BCUT2D eigenvalue weighted by Crippen LogP contribution is -2.40. The molecule has 6 heteroatoms. The van der Waals surface area contributed by atoms with Crippen LogP contribution in [-0.2, 0) is 11.2 Å². The third kappa shape index (κ3) is 3.58. The first-order chi connectivity index (χ1) is 11.1. The van der Waals surface area contributed by atoms with E-state index in [-0.39, 0.29) is 12.5 Å². The van der Waals surface area contributed by atoms with Crippen LogP contribution in [0.1, 0.15) is 43.5 Å². The van der Waals surface area contributed by atoms with Crippen LogP contribution in [0.25, 0.3) is 4.96 Å². The van der Waals surface area contributed by atoms with Gasteiger partial charge in [0, 0.05) is 43.4 Å². The van der Waals surface area contributed by atoms with Crippen LogP contribution in [-0.4, -0.2) is 45.0 Å². The van der Waals surface area contributed by atoms with E-state index in [4.69, 9.17) is 0 Å². The van der Waals surface area contributed by atoms with E-state index in [1.165, 1.54) is 0 Å². The number of fused-ring (bicyclic) bond motifs is 1. The van der Waals surface area contributed by atoms with Crippen molar-refractivity contribution in [2.75, 3.05) is 13.7 Å². The molecule has 0 atom stereocenters. The monoisotopic (exact) mass is 335 g/mol. The van der Waals surface area contributed by atoms with Gasteiger partial charge in [-0.3, -0.25) is 9.20 Å². The van der Waals surface area contributed by atoms with Gasteiger partial charge in [0.15, 0.2) is 4.96 Å². The van der Waals surface area contributed by atoms with Gasteiger partial charge in [-0.1, -0.05) is 0 Å². The lowest BCUT2D eigenvalue weighted by molar-refractivity contribution is -0.132. The quantitative estimate of drug-likeness (QED) is 0.914. The topological polar surface area (TPSA) is 57.8 Å². The normalized spacial score (nSPS) is 21.7. The van der Waals surface area contributed by atoms with Gasteiger partial charge in [0.2, 0.25) is 5.91 Å². The van der Waals surface area contributed by atoms with Crippen molar-refractivity contribution in [1.82, 2.24) is 14.3 Å². The molecule has 0 radical (unpaired) electrons. The van der Waals surface area contributed by atoms with Crippen molar-refractivity contribution in [2.45, 2.75) is 51.5 Å². The molecule has 0 saturated heterocycles. The fourth-order valence-electron chi connectivity index (χ4n) is 3.45. The summed E-state index contributed by atoms with van der Waals surface area (Å²) in [6.45, 7) is 2.27. The first-order valence-corrected chi connectivity index (χ1v) is 9.25. The number of aromatic nitrogens is 2. The van der Waals surface area contributed by atoms with Gasteiger partial charge in [-0.05, 0) is 44.9 Å². The molecule has 0 unspecified atom stereocenters. The largest absolute Gasteiger partial charge is 0.396 e. The molecule has 5 nitrogen and oxygen atoms in total. The van der Waals surface area contributed by atoms with Crippen LogP contribution < -0.4 is 0 Å². The van der Waals surface area contributed by atoms with Gasteiger partial charge in [-0.15, -0.1) is 11.3 Å². The number of hydrogen-bond donors (Lipinski definition) is 1. The van der Waals surface area contributed by atoms with E-state index >= 15 is 0 Å². The highest BCUT2D eigenvalue weighted by atomic mass is 32.1. The van der Waals surface area contributed by atoms with E-state index in [1.807, 2.05) is 25.1 Å². The number of amides is 1. The van der Waals surface area contributed by atoms with Crippen LogP contribution in [0.5, 0.6) is 0 Å². The average Bonchev–Trinajstić information content (AvgIpc) is 3.11. The van der Waals surface area contributed by atoms with Gasteiger partial charge < -0.3 is 10.0 Å². The van der Waals surface area contributed by atoms with E-state index in [9.17, 15) is 9.90 Å². The highest BCUT2D eigenvalue weighted by molar-refractivity contribution is 7.15. The molecule has 0 spiro atoms. The number of hydrogen-bond acceptors (Lipinski definition) is 4. The molecule has 23 heavy (non-hydrogen) atoms. The number of carbonyl (C=O) groups excluding carboxylic acids is 1. The van der Waals surface area contributed by atoms with Gasteiger partial charge >= 0.3 is 0 Å². The zero-order chi connectivity index (χ0) is 16.4. The Labute approximate surface area is 140 Å². The summed E-state index contributed by atoms with van der Waals surface area (Å²) in [4.78, 5) is 19.9. The summed E-state index contributed by atoms with van der Waals surface area (Å²) in [7, 11) is 1.93. The summed E-state index contributed by atoms with van der Waals surface area (Å²) in [6.07, 6.45) is 7.40. The second kappa shape index (κ2) is 7.01. The lowest BCUT2D eigenvalue weighted by Gasteiger charge is -2.34. The molecule has 2 aromatic heterocycles. The van der Waals surface area contributed by atoms with Crippen molar-refractivity contribution < 1.29 is 9.90 Å². The van der Waals surface area contributed by atoms with E-state index < -0.39 is 0 Å². The molecule has 2 aromatic rings. The Hall–Kier alpha value is -1.40. The molecule has 1 aliphatic rings. The van der Waals surface area contributed by atoms with Crippen LogP contribution in [0, 0.1) is 12.8 Å². The summed E-state index contributed by atoms with van der Waals surface area (Å²) in [5.41, 5.74) is 2.18. The maximum absolute atomic E-state index is 12.5. The number of nitrogens with zero attached hydrogens (tertiary/aromatic N) is 3. The van der Waals surface area contributed by atoms with Crippen molar-refractivity contribution in [3.63, 3.8) is 0 Å². The predicted octanol–water partition coefficient (Wildman–Crippen LogP) is 2.65. The molecular formula is C17H25N3O2S. The summed E-state index contributed by atoms with van der Waals surface area (Å²) in [6, 6.07) is 0.336. The summed E-state index contributed by atoms with van der Waals surface area (Å²) in [5.74, 6) is 0.645. The van der Waals surface area contributed by atoms with Crippen LogP contribution in [0.2, 0.25) is 0 Å². The minimum absolute atomic E-state index is 0.216. The first-order valence-electron chi connectivity index (χ1n) is 8.37. The number of imidazole rings is 1. The zero-order valence-electron chi connectivity index (χ0n) is 13.9. The standard InChI is InChI=1S/C17H25N3O2S/c1-12-9-20-15(11-23-17(20)18-12)7-8-16(22)19(2)14-5-3-13(10-21)4-6-14/h9,11,13-14,21H,3-8,10H2,1-2H3. The molecule has 126 valence electrons. The Morgan fingerprint density at radius 3 is 2.87 bits per heavy atom. The van der Waals surface area contributed by atoms with Crippen molar-refractivity contribution in [3.05, 3.63) is 23.0 Å². The second-order valence-corrected chi connectivity index (χ2v) is 7.46. The number of aryl methyl sites for hydroxylation is 2. The molecule has 2 heterocycles. The van der Waals surface area contributed by atoms with Gasteiger partial charge in [-0.25, -0.2) is 4.98 Å². The molecule has 1 saturated carbocycles. The van der Waals surface area contributed by atoms with Crippen molar-refractivity contribution >= 4 is 22.2 Å². The van der Waals surface area contributed by atoms with Crippen molar-refractivity contribution in [1.29, 1.82) is 0 Å².